The van der Waals surface area contributed by atoms with E-state index in [0.717, 1.165) is 11.8 Å². The number of hydrogen-bond donors (Lipinski definition) is 3. The van der Waals surface area contributed by atoms with Crippen LogP contribution in [0.4, 0.5) is 4.79 Å². The Kier molecular flexibility index (Phi) is 10.7. The van der Waals surface area contributed by atoms with E-state index in [4.69, 9.17) is 14.2 Å². The van der Waals surface area contributed by atoms with E-state index in [-0.39, 0.29) is 37.1 Å². The standard InChI is InChI=1S/C40H53N5O10S/c1-6-24-19-23(2)9-7-8-10-25-21-40(25,37(48)43-56(51,52)27-11-12-27)42-34(46)30-20-26(22-44(30)36(47)32(24)45(38(49)50)39(3,4)5)55-35-29-13-14-31-33(54-18-17-53-31)28(29)15-16-41-35/h8,10,13-16,23-27,30,32H,6-7,9,11-12,17-22H2,1-5H3,(H,42,46)(H,43,48)(H,49,50)/b10-8-/t23-,24-,25-,26-,30+,32+,40-/m1/s1. The van der Waals surface area contributed by atoms with Gasteiger partial charge in [0.25, 0.3) is 5.91 Å². The average molecular weight is 796 g/mol. The van der Waals surface area contributed by atoms with Gasteiger partial charge in [-0.3, -0.25) is 24.0 Å². The molecule has 2 saturated carbocycles. The number of carbonyl (C=O) groups is 4. The van der Waals surface area contributed by atoms with Crippen molar-refractivity contribution in [3.05, 3.63) is 36.5 Å². The molecule has 1 aromatic carbocycles. The fourth-order valence-electron chi connectivity index (χ4n) is 8.64. The van der Waals surface area contributed by atoms with Gasteiger partial charge >= 0.3 is 6.09 Å². The summed E-state index contributed by atoms with van der Waals surface area (Å²) in [5.74, 6) is -1.31. The van der Waals surface area contributed by atoms with Crippen molar-refractivity contribution in [2.75, 3.05) is 19.8 Å². The van der Waals surface area contributed by atoms with E-state index in [1.54, 1.807) is 39.1 Å². The molecular weight excluding hydrogens is 743 g/mol. The third-order valence-corrected chi connectivity index (χ3v) is 13.7. The maximum absolute atomic E-state index is 15.2. The summed E-state index contributed by atoms with van der Waals surface area (Å²) >= 11 is 0. The molecule has 3 aliphatic heterocycles. The summed E-state index contributed by atoms with van der Waals surface area (Å²) in [6.45, 7) is 9.99. The highest BCUT2D eigenvalue weighted by Crippen LogP contribution is 2.47. The van der Waals surface area contributed by atoms with Gasteiger partial charge in [0.15, 0.2) is 11.5 Å². The molecule has 15 nitrogen and oxygen atoms in total. The zero-order valence-electron chi connectivity index (χ0n) is 32.7. The Morgan fingerprint density at radius 3 is 2.55 bits per heavy atom. The predicted molar refractivity (Wildman–Crippen MR) is 206 cm³/mol. The zero-order chi connectivity index (χ0) is 40.2. The van der Waals surface area contributed by atoms with Crippen molar-refractivity contribution in [1.82, 2.24) is 24.8 Å². The number of amides is 4. The Hall–Kier alpha value is -4.60. The Balaban J connectivity index is 1.27. The minimum Gasteiger partial charge on any atom is -0.486 e. The largest absolute Gasteiger partial charge is 0.486 e. The van der Waals surface area contributed by atoms with E-state index in [2.05, 4.69) is 21.9 Å². The number of fused-ring (bicyclic) bond motifs is 5. The second-order valence-corrected chi connectivity index (χ2v) is 19.0. The molecule has 1 saturated heterocycles. The van der Waals surface area contributed by atoms with Crippen molar-refractivity contribution in [3.8, 4) is 17.4 Å². The number of nitrogens with zero attached hydrogens (tertiary/aromatic N) is 3. The van der Waals surface area contributed by atoms with Crippen molar-refractivity contribution in [3.63, 3.8) is 0 Å². The van der Waals surface area contributed by atoms with Crippen LogP contribution in [0.5, 0.6) is 17.4 Å². The Morgan fingerprint density at radius 2 is 1.86 bits per heavy atom. The van der Waals surface area contributed by atoms with Gasteiger partial charge in [0.1, 0.15) is 36.9 Å². The van der Waals surface area contributed by atoms with Crippen LogP contribution in [0.15, 0.2) is 36.5 Å². The van der Waals surface area contributed by atoms with Crippen molar-refractivity contribution in [2.45, 2.75) is 121 Å². The molecular formula is C40H53N5O10S. The normalized spacial score (nSPS) is 30.2. The molecule has 4 heterocycles. The van der Waals surface area contributed by atoms with Crippen LogP contribution in [0.3, 0.4) is 0 Å². The van der Waals surface area contributed by atoms with Gasteiger partial charge in [-0.2, -0.15) is 0 Å². The van der Waals surface area contributed by atoms with Gasteiger partial charge in [0.05, 0.1) is 11.8 Å². The predicted octanol–water partition coefficient (Wildman–Crippen LogP) is 4.39. The Labute approximate surface area is 327 Å². The molecule has 56 heavy (non-hydrogen) atoms. The van der Waals surface area contributed by atoms with Crippen LogP contribution in [0.1, 0.15) is 86.0 Å². The molecule has 7 atom stereocenters. The van der Waals surface area contributed by atoms with Crippen LogP contribution >= 0.6 is 0 Å². The first-order chi connectivity index (χ1) is 26.5. The minimum atomic E-state index is -3.92. The first-order valence-corrected chi connectivity index (χ1v) is 21.3. The number of carboxylic acid groups (broad SMARTS) is 1. The molecule has 1 aromatic heterocycles. The van der Waals surface area contributed by atoms with Gasteiger partial charge in [-0.15, -0.1) is 0 Å². The summed E-state index contributed by atoms with van der Waals surface area (Å²) in [6.07, 6.45) is 6.96. The molecule has 0 bridgehead atoms. The summed E-state index contributed by atoms with van der Waals surface area (Å²) in [5.41, 5.74) is -2.52. The molecule has 3 N–H and O–H groups in total. The van der Waals surface area contributed by atoms with E-state index in [1.807, 2.05) is 25.1 Å². The minimum absolute atomic E-state index is 0.00126. The number of aromatic nitrogens is 1. The van der Waals surface area contributed by atoms with Crippen LogP contribution in [0, 0.1) is 17.8 Å². The number of benzene rings is 1. The third kappa shape index (κ3) is 7.72. The maximum Gasteiger partial charge on any atom is 0.408 e. The fraction of sp³-hybridized carbons (Fsp3) is 0.625. The second-order valence-electron chi connectivity index (χ2n) is 17.0. The molecule has 304 valence electrons. The van der Waals surface area contributed by atoms with Crippen LogP contribution < -0.4 is 24.2 Å². The number of pyridine rings is 1. The number of allylic oxidation sites excluding steroid dienone is 1. The lowest BCUT2D eigenvalue weighted by molar-refractivity contribution is -0.146. The lowest BCUT2D eigenvalue weighted by Gasteiger charge is -2.44. The lowest BCUT2D eigenvalue weighted by Crippen LogP contribution is -2.62. The number of nitrogens with one attached hydrogen (secondary N) is 2. The van der Waals surface area contributed by atoms with Gasteiger partial charge in [-0.25, -0.2) is 18.2 Å². The SMILES string of the molecule is CC[C@@H]1C[C@H](C)CC/C=C\[C@@H]2C[C@@]2(C(=O)NS(=O)(=O)C2CC2)NC(=O)[C@@H]2C[C@@H](Oc3nccc4c5c(ccc34)OCCO5)CN2C(=O)[C@H]1N(C(=O)O)C(C)(C)C. The van der Waals surface area contributed by atoms with Crippen LogP contribution in [0.25, 0.3) is 10.8 Å². The monoisotopic (exact) mass is 795 g/mol. The zero-order valence-corrected chi connectivity index (χ0v) is 33.5. The van der Waals surface area contributed by atoms with Crippen molar-refractivity contribution < 1.29 is 46.9 Å². The number of ether oxygens (including phenoxy) is 3. The molecule has 16 heteroatoms. The van der Waals surface area contributed by atoms with E-state index in [9.17, 15) is 27.9 Å². The summed E-state index contributed by atoms with van der Waals surface area (Å²) in [7, 11) is -3.92. The molecule has 5 aliphatic rings. The number of sulfonamides is 1. The molecule has 2 aliphatic carbocycles. The highest BCUT2D eigenvalue weighted by molar-refractivity contribution is 7.91. The second kappa shape index (κ2) is 15.1. The van der Waals surface area contributed by atoms with E-state index >= 15 is 4.79 Å². The number of carbonyl (C=O) groups excluding carboxylic acids is 3. The van der Waals surface area contributed by atoms with Crippen LogP contribution in [-0.2, 0) is 24.4 Å². The molecule has 3 fully saturated rings. The third-order valence-electron chi connectivity index (χ3n) is 11.8. The van der Waals surface area contributed by atoms with Gasteiger partial charge in [-0.05, 0) is 89.3 Å². The maximum atomic E-state index is 15.2. The Bertz CT molecular complexity index is 2030. The summed E-state index contributed by atoms with van der Waals surface area (Å²) < 4.78 is 46.3. The molecule has 0 unspecified atom stereocenters. The lowest BCUT2D eigenvalue weighted by atomic mass is 9.82. The topological polar surface area (TPSA) is 194 Å². The first kappa shape index (κ1) is 39.6. The Morgan fingerprint density at radius 1 is 1.11 bits per heavy atom. The molecule has 0 spiro atoms. The van der Waals surface area contributed by atoms with Crippen LogP contribution in [0.2, 0.25) is 0 Å². The summed E-state index contributed by atoms with van der Waals surface area (Å²) in [5, 5.41) is 14.3. The highest BCUT2D eigenvalue weighted by Gasteiger charge is 2.62. The first-order valence-electron chi connectivity index (χ1n) is 19.8. The average Bonchev–Trinajstić information content (AvgIpc) is 4.07. The summed E-state index contributed by atoms with van der Waals surface area (Å²) in [4.78, 5) is 63.9. The number of hydrogen-bond acceptors (Lipinski definition) is 10. The van der Waals surface area contributed by atoms with Crippen molar-refractivity contribution in [1.29, 1.82) is 0 Å². The van der Waals surface area contributed by atoms with Gasteiger partial charge in [0.2, 0.25) is 27.7 Å². The van der Waals surface area contributed by atoms with E-state index in [0.29, 0.717) is 62.2 Å². The van der Waals surface area contributed by atoms with E-state index < -0.39 is 74.3 Å². The quantitative estimate of drug-likeness (QED) is 0.337. The molecule has 0 radical (unpaired) electrons. The molecule has 4 amide bonds. The van der Waals surface area contributed by atoms with Gasteiger partial charge in [-0.1, -0.05) is 32.4 Å². The molecule has 7 rings (SSSR count). The van der Waals surface area contributed by atoms with Crippen LogP contribution in [-0.4, -0.2) is 106 Å². The van der Waals surface area contributed by atoms with Gasteiger partial charge < -0.3 is 29.5 Å². The smallest absolute Gasteiger partial charge is 0.408 e. The molecule has 2 aromatic rings. The van der Waals surface area contributed by atoms with Crippen molar-refractivity contribution >= 4 is 44.6 Å². The van der Waals surface area contributed by atoms with Crippen molar-refractivity contribution in [2.24, 2.45) is 17.8 Å². The van der Waals surface area contributed by atoms with E-state index in [1.165, 1.54) is 9.80 Å². The highest BCUT2D eigenvalue weighted by atomic mass is 32.2. The summed E-state index contributed by atoms with van der Waals surface area (Å²) in [6, 6.07) is 3.07. The van der Waals surface area contributed by atoms with Gasteiger partial charge in [0, 0.05) is 34.8 Å². The fourth-order valence-corrected chi connectivity index (χ4v) is 10.0. The number of rotatable bonds is 7.